The van der Waals surface area contributed by atoms with Crippen LogP contribution in [-0.2, 0) is 0 Å². The predicted molar refractivity (Wildman–Crippen MR) is 73.1 cm³/mol. The van der Waals surface area contributed by atoms with E-state index in [0.29, 0.717) is 10.7 Å². The van der Waals surface area contributed by atoms with Gasteiger partial charge in [-0.25, -0.2) is 4.98 Å². The Hall–Kier alpha value is -1.78. The van der Waals surface area contributed by atoms with Gasteiger partial charge in [0.1, 0.15) is 11.5 Å². The molecule has 0 aliphatic rings. The molecule has 4 nitrogen and oxygen atoms in total. The van der Waals surface area contributed by atoms with Crippen molar-refractivity contribution >= 4 is 40.6 Å². The molecule has 0 aliphatic carbocycles. The van der Waals surface area contributed by atoms with Crippen molar-refractivity contribution in [2.45, 2.75) is 0 Å². The molecule has 18 heavy (non-hydrogen) atoms. The lowest BCUT2D eigenvalue weighted by Crippen LogP contribution is -2.14. The summed E-state index contributed by atoms with van der Waals surface area (Å²) in [5.41, 5.74) is 6.15. The van der Waals surface area contributed by atoms with Gasteiger partial charge >= 0.3 is 0 Å². The van der Waals surface area contributed by atoms with E-state index in [1.807, 2.05) is 0 Å². The summed E-state index contributed by atoms with van der Waals surface area (Å²) in [6, 6.07) is 9.79. The summed E-state index contributed by atoms with van der Waals surface area (Å²) in [6.07, 6.45) is 0. The fourth-order valence-electron chi connectivity index (χ4n) is 1.36. The number of carbonyl (C=O) groups excluding carboxylic acids is 1. The molecule has 0 spiro atoms. The van der Waals surface area contributed by atoms with E-state index >= 15 is 0 Å². The van der Waals surface area contributed by atoms with E-state index in [0.717, 1.165) is 0 Å². The molecule has 6 heteroatoms. The molecule has 2 rings (SSSR count). The quantitative estimate of drug-likeness (QED) is 0.888. The van der Waals surface area contributed by atoms with Crippen LogP contribution in [0.2, 0.25) is 10.0 Å². The topological polar surface area (TPSA) is 68.0 Å². The largest absolute Gasteiger partial charge is 0.384 e. The van der Waals surface area contributed by atoms with E-state index in [4.69, 9.17) is 28.9 Å². The second-order valence-electron chi connectivity index (χ2n) is 3.50. The van der Waals surface area contributed by atoms with E-state index in [2.05, 4.69) is 10.3 Å². The first kappa shape index (κ1) is 12.7. The van der Waals surface area contributed by atoms with E-state index in [-0.39, 0.29) is 16.5 Å². The molecule has 0 radical (unpaired) electrons. The molecule has 92 valence electrons. The molecule has 0 aliphatic heterocycles. The lowest BCUT2D eigenvalue weighted by molar-refractivity contribution is 0.102. The smallest absolute Gasteiger partial charge is 0.274 e. The summed E-state index contributed by atoms with van der Waals surface area (Å²) in [5, 5.41) is 3.28. The van der Waals surface area contributed by atoms with Crippen molar-refractivity contribution < 1.29 is 4.79 Å². The number of anilines is 2. The van der Waals surface area contributed by atoms with Crippen molar-refractivity contribution in [1.82, 2.24) is 4.98 Å². The molecule has 0 saturated carbocycles. The highest BCUT2D eigenvalue weighted by Crippen LogP contribution is 2.29. The summed E-state index contributed by atoms with van der Waals surface area (Å²) in [4.78, 5) is 15.8. The van der Waals surface area contributed by atoms with Crippen molar-refractivity contribution in [3.8, 4) is 0 Å². The van der Waals surface area contributed by atoms with E-state index in [9.17, 15) is 4.79 Å². The molecule has 0 atom stereocenters. The van der Waals surface area contributed by atoms with Crippen molar-refractivity contribution in [2.75, 3.05) is 11.1 Å². The maximum atomic E-state index is 11.9. The Morgan fingerprint density at radius 1 is 1.17 bits per heavy atom. The zero-order valence-electron chi connectivity index (χ0n) is 9.15. The zero-order valence-corrected chi connectivity index (χ0v) is 10.7. The Labute approximate surface area is 114 Å². The molecule has 2 aromatic rings. The number of hydrogen-bond acceptors (Lipinski definition) is 3. The van der Waals surface area contributed by atoms with Crippen LogP contribution < -0.4 is 11.1 Å². The number of aromatic nitrogens is 1. The molecule has 0 unspecified atom stereocenters. The minimum Gasteiger partial charge on any atom is -0.384 e. The number of nitrogens with zero attached hydrogens (tertiary/aromatic N) is 1. The number of rotatable bonds is 2. The number of amides is 1. The molecule has 1 aromatic carbocycles. The summed E-state index contributed by atoms with van der Waals surface area (Å²) in [7, 11) is 0. The zero-order chi connectivity index (χ0) is 13.1. The third-order valence-electron chi connectivity index (χ3n) is 2.20. The number of nitrogens with one attached hydrogen (secondary N) is 1. The minimum atomic E-state index is -0.397. The number of benzene rings is 1. The van der Waals surface area contributed by atoms with Gasteiger partial charge in [0.05, 0.1) is 15.7 Å². The molecule has 1 amide bonds. The Morgan fingerprint density at radius 3 is 2.61 bits per heavy atom. The average Bonchev–Trinajstić information content (AvgIpc) is 2.35. The highest BCUT2D eigenvalue weighted by molar-refractivity contribution is 6.44. The fourth-order valence-corrected chi connectivity index (χ4v) is 1.71. The van der Waals surface area contributed by atoms with Gasteiger partial charge in [-0.15, -0.1) is 0 Å². The first-order valence-corrected chi connectivity index (χ1v) is 5.81. The van der Waals surface area contributed by atoms with Gasteiger partial charge in [0.15, 0.2) is 0 Å². The number of nitrogens with two attached hydrogens (primary N) is 1. The third kappa shape index (κ3) is 2.72. The lowest BCUT2D eigenvalue weighted by Gasteiger charge is -2.07. The van der Waals surface area contributed by atoms with Crippen molar-refractivity contribution in [3.05, 3.63) is 52.1 Å². The molecule has 0 fully saturated rings. The van der Waals surface area contributed by atoms with Crippen LogP contribution in [0.3, 0.4) is 0 Å². The minimum absolute atomic E-state index is 0.214. The van der Waals surface area contributed by atoms with Gasteiger partial charge in [0, 0.05) is 0 Å². The summed E-state index contributed by atoms with van der Waals surface area (Å²) in [5.74, 6) is -0.119. The SMILES string of the molecule is Nc1cccc(C(=O)Nc2cccc(Cl)c2Cl)n1. The van der Waals surface area contributed by atoms with E-state index < -0.39 is 5.91 Å². The van der Waals surface area contributed by atoms with Crippen LogP contribution in [0.4, 0.5) is 11.5 Å². The number of nitrogen functional groups attached to an aromatic ring is 1. The van der Waals surface area contributed by atoms with Gasteiger partial charge in [-0.05, 0) is 24.3 Å². The van der Waals surface area contributed by atoms with Crippen LogP contribution in [-0.4, -0.2) is 10.9 Å². The van der Waals surface area contributed by atoms with Crippen LogP contribution in [0, 0.1) is 0 Å². The molecule has 0 bridgehead atoms. The van der Waals surface area contributed by atoms with Crippen molar-refractivity contribution in [3.63, 3.8) is 0 Å². The maximum Gasteiger partial charge on any atom is 0.274 e. The molecular weight excluding hydrogens is 273 g/mol. The van der Waals surface area contributed by atoms with Gasteiger partial charge in [0.25, 0.3) is 5.91 Å². The highest BCUT2D eigenvalue weighted by atomic mass is 35.5. The number of pyridine rings is 1. The molecule has 1 heterocycles. The van der Waals surface area contributed by atoms with Gasteiger partial charge in [-0.2, -0.15) is 0 Å². The number of hydrogen-bond donors (Lipinski definition) is 2. The van der Waals surface area contributed by atoms with Gasteiger partial charge < -0.3 is 11.1 Å². The number of carbonyl (C=O) groups is 1. The molecule has 0 saturated heterocycles. The average molecular weight is 282 g/mol. The maximum absolute atomic E-state index is 11.9. The van der Waals surface area contributed by atoms with Gasteiger partial charge in [-0.1, -0.05) is 35.3 Å². The Morgan fingerprint density at radius 2 is 1.89 bits per heavy atom. The lowest BCUT2D eigenvalue weighted by atomic mass is 10.3. The fraction of sp³-hybridized carbons (Fsp3) is 0. The van der Waals surface area contributed by atoms with Crippen LogP contribution in [0.25, 0.3) is 0 Å². The van der Waals surface area contributed by atoms with Gasteiger partial charge in [0.2, 0.25) is 0 Å². The molecular formula is C12H9Cl2N3O. The summed E-state index contributed by atoms with van der Waals surface area (Å²) in [6.45, 7) is 0. The van der Waals surface area contributed by atoms with Crippen LogP contribution >= 0.6 is 23.2 Å². The highest BCUT2D eigenvalue weighted by Gasteiger charge is 2.11. The monoisotopic (exact) mass is 281 g/mol. The first-order valence-electron chi connectivity index (χ1n) is 5.06. The second-order valence-corrected chi connectivity index (χ2v) is 4.29. The number of halogens is 2. The normalized spacial score (nSPS) is 10.1. The standard InChI is InChI=1S/C12H9Cl2N3O/c13-7-3-1-4-8(11(7)14)17-12(18)9-5-2-6-10(15)16-9/h1-6H,(H2,15,16)(H,17,18). The van der Waals surface area contributed by atoms with Crippen molar-refractivity contribution in [1.29, 1.82) is 0 Å². The second kappa shape index (κ2) is 5.25. The van der Waals surface area contributed by atoms with E-state index in [1.54, 1.807) is 36.4 Å². The predicted octanol–water partition coefficient (Wildman–Crippen LogP) is 3.22. The van der Waals surface area contributed by atoms with Crippen LogP contribution in [0.5, 0.6) is 0 Å². The Balaban J connectivity index is 2.24. The third-order valence-corrected chi connectivity index (χ3v) is 3.02. The van der Waals surface area contributed by atoms with E-state index in [1.165, 1.54) is 0 Å². The molecule has 1 aromatic heterocycles. The van der Waals surface area contributed by atoms with Gasteiger partial charge in [-0.3, -0.25) is 4.79 Å². The summed E-state index contributed by atoms with van der Waals surface area (Å²) >= 11 is 11.8. The Kier molecular flexibility index (Phi) is 3.69. The molecule has 3 N–H and O–H groups in total. The first-order chi connectivity index (χ1) is 8.58. The Bertz CT molecular complexity index is 602. The van der Waals surface area contributed by atoms with Crippen LogP contribution in [0.15, 0.2) is 36.4 Å². The van der Waals surface area contributed by atoms with Crippen LogP contribution in [0.1, 0.15) is 10.5 Å². The van der Waals surface area contributed by atoms with Crippen molar-refractivity contribution in [2.24, 2.45) is 0 Å². The summed E-state index contributed by atoms with van der Waals surface area (Å²) < 4.78 is 0.